The molecule has 19 heavy (non-hydrogen) atoms. The van der Waals surface area contributed by atoms with Crippen LogP contribution in [0.2, 0.25) is 0 Å². The number of aromatic hydroxyl groups is 1. The zero-order chi connectivity index (χ0) is 13.4. The largest absolute Gasteiger partial charge is 0.494 e. The third kappa shape index (κ3) is 1.83. The van der Waals surface area contributed by atoms with Crippen LogP contribution in [-0.2, 0) is 6.42 Å². The fourth-order valence-electron chi connectivity index (χ4n) is 2.24. The molecule has 1 aromatic heterocycles. The van der Waals surface area contributed by atoms with Crippen LogP contribution in [0.1, 0.15) is 11.1 Å². The van der Waals surface area contributed by atoms with Gasteiger partial charge in [-0.05, 0) is 23.3 Å². The van der Waals surface area contributed by atoms with Crippen LogP contribution in [0.4, 0.5) is 0 Å². The van der Waals surface area contributed by atoms with E-state index >= 15 is 0 Å². The highest BCUT2D eigenvalue weighted by atomic mass is 16.5. The van der Waals surface area contributed by atoms with Gasteiger partial charge in [-0.2, -0.15) is 5.26 Å². The maximum absolute atomic E-state index is 11.4. The average Bonchev–Trinajstić information content (AvgIpc) is 2.85. The molecule has 0 saturated heterocycles. The summed E-state index contributed by atoms with van der Waals surface area (Å²) in [7, 11) is 0. The number of nitrogens with zero attached hydrogens (tertiary/aromatic N) is 1. The molecule has 0 bridgehead atoms. The maximum Gasteiger partial charge on any atom is 0.251 e. The summed E-state index contributed by atoms with van der Waals surface area (Å²) in [6.45, 7) is 0.643. The Bertz CT molecular complexity index is 756. The molecule has 3 rings (SSSR count). The number of nitrogens with one attached hydrogen (secondary N) is 1. The van der Waals surface area contributed by atoms with Crippen molar-refractivity contribution < 1.29 is 9.84 Å². The second-order valence-corrected chi connectivity index (χ2v) is 4.30. The third-order valence-electron chi connectivity index (χ3n) is 3.14. The molecule has 2 heterocycles. The van der Waals surface area contributed by atoms with Gasteiger partial charge in [-0.25, -0.2) is 0 Å². The van der Waals surface area contributed by atoms with E-state index in [1.807, 2.05) is 18.2 Å². The van der Waals surface area contributed by atoms with Gasteiger partial charge in [0.1, 0.15) is 17.4 Å². The first kappa shape index (κ1) is 11.4. The normalized spacial score (nSPS) is 12.6. The summed E-state index contributed by atoms with van der Waals surface area (Å²) in [6.07, 6.45) is 0.806. The number of ether oxygens (including phenoxy) is 1. The number of fused-ring (bicyclic) bond motifs is 1. The standard InChI is InChI=1S/C14H10N2O3/c15-7-11-10(6-13(17)16-14(11)18)8-1-2-12-9(5-8)3-4-19-12/h1-2,5-6H,3-4H2,(H2,16,17,18). The Morgan fingerprint density at radius 2 is 2.21 bits per heavy atom. The first-order valence-corrected chi connectivity index (χ1v) is 5.81. The minimum absolute atomic E-state index is 0.0680. The molecule has 1 aliphatic heterocycles. The molecule has 0 unspecified atom stereocenters. The number of hydrogen-bond donors (Lipinski definition) is 2. The lowest BCUT2D eigenvalue weighted by Gasteiger charge is -2.07. The van der Waals surface area contributed by atoms with Crippen molar-refractivity contribution in [1.82, 2.24) is 4.98 Å². The van der Waals surface area contributed by atoms with Crippen LogP contribution in [0.5, 0.6) is 11.6 Å². The van der Waals surface area contributed by atoms with Crippen molar-refractivity contribution in [3.63, 3.8) is 0 Å². The van der Waals surface area contributed by atoms with Crippen molar-refractivity contribution in [2.75, 3.05) is 6.61 Å². The Labute approximate surface area is 108 Å². The fourth-order valence-corrected chi connectivity index (χ4v) is 2.24. The zero-order valence-corrected chi connectivity index (χ0v) is 9.93. The summed E-state index contributed by atoms with van der Waals surface area (Å²) < 4.78 is 5.41. The fraction of sp³-hybridized carbons (Fsp3) is 0.143. The highest BCUT2D eigenvalue weighted by molar-refractivity contribution is 5.73. The number of benzene rings is 1. The summed E-state index contributed by atoms with van der Waals surface area (Å²) >= 11 is 0. The van der Waals surface area contributed by atoms with Gasteiger partial charge in [-0.15, -0.1) is 0 Å². The summed E-state index contributed by atoms with van der Waals surface area (Å²) in [5, 5.41) is 18.7. The molecule has 5 heteroatoms. The van der Waals surface area contributed by atoms with Crippen LogP contribution in [0.3, 0.4) is 0 Å². The molecule has 2 aromatic rings. The number of pyridine rings is 1. The van der Waals surface area contributed by atoms with Gasteiger partial charge in [0.15, 0.2) is 0 Å². The average molecular weight is 254 g/mol. The molecular formula is C14H10N2O3. The number of aromatic amines is 1. The lowest BCUT2D eigenvalue weighted by Crippen LogP contribution is -2.06. The van der Waals surface area contributed by atoms with Crippen molar-refractivity contribution in [1.29, 1.82) is 5.26 Å². The Balaban J connectivity index is 2.23. The van der Waals surface area contributed by atoms with Gasteiger partial charge in [0.2, 0.25) is 5.88 Å². The molecule has 0 saturated carbocycles. The Morgan fingerprint density at radius 1 is 1.37 bits per heavy atom. The summed E-state index contributed by atoms with van der Waals surface area (Å²) in [4.78, 5) is 13.6. The monoisotopic (exact) mass is 254 g/mol. The predicted octanol–water partition coefficient (Wildman–Crippen LogP) is 1.55. The highest BCUT2D eigenvalue weighted by Gasteiger charge is 2.16. The second kappa shape index (κ2) is 4.18. The maximum atomic E-state index is 11.4. The van der Waals surface area contributed by atoms with E-state index in [2.05, 4.69) is 4.98 Å². The van der Waals surface area contributed by atoms with Crippen molar-refractivity contribution in [2.45, 2.75) is 6.42 Å². The number of H-pyrrole nitrogens is 1. The van der Waals surface area contributed by atoms with Crippen LogP contribution in [0.15, 0.2) is 29.1 Å². The summed E-state index contributed by atoms with van der Waals surface area (Å²) in [6, 6.07) is 8.70. The van der Waals surface area contributed by atoms with Gasteiger partial charge < -0.3 is 9.84 Å². The number of rotatable bonds is 1. The van der Waals surface area contributed by atoms with Crippen LogP contribution < -0.4 is 10.3 Å². The number of aromatic nitrogens is 1. The Hall–Kier alpha value is -2.74. The first-order chi connectivity index (χ1) is 9.19. The Morgan fingerprint density at radius 3 is 3.00 bits per heavy atom. The van der Waals surface area contributed by atoms with Crippen molar-refractivity contribution in [2.24, 2.45) is 0 Å². The van der Waals surface area contributed by atoms with E-state index in [1.54, 1.807) is 6.07 Å². The number of hydrogen-bond acceptors (Lipinski definition) is 4. The quantitative estimate of drug-likeness (QED) is 0.808. The highest BCUT2D eigenvalue weighted by Crippen LogP contribution is 2.32. The van der Waals surface area contributed by atoms with Gasteiger partial charge in [0.25, 0.3) is 5.56 Å². The lowest BCUT2D eigenvalue weighted by atomic mass is 9.99. The molecular weight excluding hydrogens is 244 g/mol. The second-order valence-electron chi connectivity index (χ2n) is 4.30. The summed E-state index contributed by atoms with van der Waals surface area (Å²) in [5.41, 5.74) is 1.82. The predicted molar refractivity (Wildman–Crippen MR) is 68.1 cm³/mol. The van der Waals surface area contributed by atoms with Gasteiger partial charge in [0.05, 0.1) is 6.61 Å². The third-order valence-corrected chi connectivity index (χ3v) is 3.14. The van der Waals surface area contributed by atoms with Gasteiger partial charge >= 0.3 is 0 Å². The van der Waals surface area contributed by atoms with E-state index in [9.17, 15) is 9.90 Å². The molecule has 0 atom stereocenters. The van der Waals surface area contributed by atoms with Gasteiger partial charge in [0, 0.05) is 18.1 Å². The minimum atomic E-state index is -0.441. The summed E-state index contributed by atoms with van der Waals surface area (Å²) in [5.74, 6) is 0.429. The molecule has 2 N–H and O–H groups in total. The first-order valence-electron chi connectivity index (χ1n) is 5.81. The van der Waals surface area contributed by atoms with E-state index in [4.69, 9.17) is 10.00 Å². The molecule has 0 spiro atoms. The molecule has 0 aliphatic carbocycles. The molecule has 1 aromatic carbocycles. The van der Waals surface area contributed by atoms with Crippen LogP contribution in [0.25, 0.3) is 11.1 Å². The van der Waals surface area contributed by atoms with E-state index in [0.29, 0.717) is 12.2 Å². The molecule has 0 radical (unpaired) electrons. The van der Waals surface area contributed by atoms with Crippen LogP contribution >= 0.6 is 0 Å². The van der Waals surface area contributed by atoms with E-state index in [0.717, 1.165) is 23.3 Å². The topological polar surface area (TPSA) is 86.1 Å². The molecule has 1 aliphatic rings. The number of nitriles is 1. The van der Waals surface area contributed by atoms with Crippen LogP contribution in [0, 0.1) is 11.3 Å². The van der Waals surface area contributed by atoms with E-state index in [1.165, 1.54) is 6.07 Å². The zero-order valence-electron chi connectivity index (χ0n) is 9.93. The van der Waals surface area contributed by atoms with Gasteiger partial charge in [-0.1, -0.05) is 6.07 Å². The molecule has 0 amide bonds. The van der Waals surface area contributed by atoms with Gasteiger partial charge in [-0.3, -0.25) is 9.78 Å². The lowest BCUT2D eigenvalue weighted by molar-refractivity contribution is 0.357. The Kier molecular flexibility index (Phi) is 2.50. The minimum Gasteiger partial charge on any atom is -0.494 e. The van der Waals surface area contributed by atoms with Crippen LogP contribution in [-0.4, -0.2) is 16.7 Å². The van der Waals surface area contributed by atoms with E-state index in [-0.39, 0.29) is 5.56 Å². The van der Waals surface area contributed by atoms with E-state index < -0.39 is 11.4 Å². The molecule has 5 nitrogen and oxygen atoms in total. The van der Waals surface area contributed by atoms with Crippen molar-refractivity contribution >= 4 is 0 Å². The SMILES string of the molecule is N#Cc1c(-c2ccc3c(c2)CCO3)cc(=O)[nH]c1O. The molecule has 94 valence electrons. The molecule has 0 fully saturated rings. The van der Waals surface area contributed by atoms with Crippen molar-refractivity contribution in [3.8, 4) is 28.8 Å². The van der Waals surface area contributed by atoms with Crippen molar-refractivity contribution in [3.05, 3.63) is 45.7 Å². The smallest absolute Gasteiger partial charge is 0.251 e.